The second-order valence-electron chi connectivity index (χ2n) is 4.77. The van der Waals surface area contributed by atoms with Gasteiger partial charge in [-0.15, -0.1) is 0 Å². The summed E-state index contributed by atoms with van der Waals surface area (Å²) in [6.07, 6.45) is 4.52. The lowest BCUT2D eigenvalue weighted by Gasteiger charge is -2.14. The molecule has 0 radical (unpaired) electrons. The summed E-state index contributed by atoms with van der Waals surface area (Å²) < 4.78 is 10.7. The van der Waals surface area contributed by atoms with Gasteiger partial charge in [-0.1, -0.05) is 60.9 Å². The van der Waals surface area contributed by atoms with E-state index in [0.717, 1.165) is 21.2 Å². The van der Waals surface area contributed by atoms with Crippen LogP contribution in [0.2, 0.25) is 0 Å². The van der Waals surface area contributed by atoms with Gasteiger partial charge in [0.15, 0.2) is 0 Å². The van der Waals surface area contributed by atoms with Gasteiger partial charge in [-0.25, -0.2) is 0 Å². The number of esters is 1. The third-order valence-corrected chi connectivity index (χ3v) is 5.70. The Labute approximate surface area is 149 Å². The zero-order chi connectivity index (χ0) is 15.9. The minimum Gasteiger partial charge on any atom is -0.466 e. The molecule has 0 saturated heterocycles. The second kappa shape index (κ2) is 8.58. The number of ether oxygens (including phenoxy) is 1. The first kappa shape index (κ1) is 17.3. The van der Waals surface area contributed by atoms with Gasteiger partial charge in [-0.2, -0.15) is 0 Å². The largest absolute Gasteiger partial charge is 0.466 e. The molecule has 0 aliphatic carbocycles. The summed E-state index contributed by atoms with van der Waals surface area (Å²) in [5.74, 6) is -0.179. The molecule has 0 aromatic heterocycles. The normalized spacial score (nSPS) is 14.8. The van der Waals surface area contributed by atoms with Crippen molar-refractivity contribution in [2.24, 2.45) is 0 Å². The smallest absolute Gasteiger partial charge is 0.310 e. The van der Waals surface area contributed by atoms with Crippen LogP contribution in [-0.2, 0) is 9.53 Å². The maximum atomic E-state index is 12.0. The van der Waals surface area contributed by atoms with E-state index in [1.165, 1.54) is 5.57 Å². The maximum absolute atomic E-state index is 12.0. The first-order valence-electron chi connectivity index (χ1n) is 7.05. The van der Waals surface area contributed by atoms with Crippen molar-refractivity contribution in [1.29, 1.82) is 0 Å². The molecule has 0 saturated carbocycles. The molecule has 1 aromatic carbocycles. The van der Waals surface area contributed by atoms with E-state index in [1.54, 1.807) is 0 Å². The molecular weight excluding hydrogens is 455 g/mol. The zero-order valence-electron chi connectivity index (χ0n) is 12.6. The van der Waals surface area contributed by atoms with Gasteiger partial charge in [0, 0.05) is 4.47 Å². The molecular formula is C18H18BrIO2. The summed E-state index contributed by atoms with van der Waals surface area (Å²) >= 11 is 3.43. The molecule has 2 nitrogen and oxygen atoms in total. The highest BCUT2D eigenvalue weighted by molar-refractivity contribution is 14.2. The summed E-state index contributed by atoms with van der Waals surface area (Å²) in [4.78, 5) is 12.0. The molecule has 1 aliphatic rings. The Morgan fingerprint density at radius 2 is 2.00 bits per heavy atom. The molecule has 116 valence electrons. The predicted molar refractivity (Wildman–Crippen MR) is 105 cm³/mol. The number of benzene rings is 1. The van der Waals surface area contributed by atoms with E-state index < -0.39 is 0 Å². The molecule has 2 rings (SSSR count). The summed E-state index contributed by atoms with van der Waals surface area (Å²) in [7, 11) is 0. The molecule has 1 aliphatic heterocycles. The fraction of sp³-hybridized carbons (Fsp3) is 0.222. The van der Waals surface area contributed by atoms with Gasteiger partial charge in [-0.3, -0.25) is 4.79 Å². The number of carbonyl (C=O) groups is 1. The SMILES string of the molecule is CCOC(=O)C/C(=C(/C)C1=CC=CI=C1)c1ccc(Br)cc1. The molecule has 4 heteroatoms. The fourth-order valence-electron chi connectivity index (χ4n) is 2.16. The van der Waals surface area contributed by atoms with Crippen LogP contribution in [0.1, 0.15) is 25.8 Å². The van der Waals surface area contributed by atoms with Crippen LogP contribution < -0.4 is 0 Å². The first-order chi connectivity index (χ1) is 10.6. The van der Waals surface area contributed by atoms with Crippen LogP contribution in [0.5, 0.6) is 0 Å². The summed E-state index contributed by atoms with van der Waals surface area (Å²) in [5, 5.41) is 0. The number of allylic oxidation sites excluding steroid dienone is 4. The zero-order valence-corrected chi connectivity index (χ0v) is 16.3. The molecule has 0 atom stereocenters. The Balaban J connectivity index is 2.42. The lowest BCUT2D eigenvalue weighted by atomic mass is 9.94. The van der Waals surface area contributed by atoms with Gasteiger partial charge in [0.05, 0.1) is 13.0 Å². The van der Waals surface area contributed by atoms with Crippen molar-refractivity contribution in [3.63, 3.8) is 0 Å². The third-order valence-electron chi connectivity index (χ3n) is 3.31. The highest BCUT2D eigenvalue weighted by atomic mass is 127. The Hall–Kier alpha value is -1.01. The van der Waals surface area contributed by atoms with Crippen molar-refractivity contribution < 1.29 is 9.53 Å². The van der Waals surface area contributed by atoms with E-state index in [4.69, 9.17) is 4.74 Å². The maximum Gasteiger partial charge on any atom is 0.310 e. The van der Waals surface area contributed by atoms with E-state index in [0.29, 0.717) is 13.0 Å². The van der Waals surface area contributed by atoms with Crippen LogP contribution in [0.15, 0.2) is 56.1 Å². The standard InChI is InChI=1S/C18H18BrIO2/c1-3-22-18(21)11-17(14-6-8-16(19)9-7-14)13(2)15-5-4-10-20-12-15/h4-10,12H,3,11H2,1-2H3/b17-13+. The van der Waals surface area contributed by atoms with Crippen LogP contribution in [0.4, 0.5) is 0 Å². The van der Waals surface area contributed by atoms with Crippen LogP contribution in [0.3, 0.4) is 0 Å². The minimum absolute atomic E-state index is 0.0197. The van der Waals surface area contributed by atoms with Crippen LogP contribution in [-0.4, -0.2) is 16.6 Å². The minimum atomic E-state index is -0.179. The number of hydrogen-bond acceptors (Lipinski definition) is 2. The topological polar surface area (TPSA) is 26.3 Å². The molecule has 1 aromatic rings. The lowest BCUT2D eigenvalue weighted by molar-refractivity contribution is -0.141. The first-order valence-corrected chi connectivity index (χ1v) is 10.3. The van der Waals surface area contributed by atoms with Gasteiger partial charge in [0.25, 0.3) is 0 Å². The highest BCUT2D eigenvalue weighted by Gasteiger charge is 2.14. The van der Waals surface area contributed by atoms with Crippen molar-refractivity contribution in [1.82, 2.24) is 0 Å². The van der Waals surface area contributed by atoms with Crippen molar-refractivity contribution >= 4 is 52.2 Å². The van der Waals surface area contributed by atoms with E-state index in [-0.39, 0.29) is 26.7 Å². The number of hydrogen-bond donors (Lipinski definition) is 0. The van der Waals surface area contributed by atoms with Gasteiger partial charge in [0.2, 0.25) is 0 Å². The van der Waals surface area contributed by atoms with Gasteiger partial charge in [-0.05, 0) is 56.4 Å². The average molecular weight is 473 g/mol. The van der Waals surface area contributed by atoms with Crippen molar-refractivity contribution in [2.45, 2.75) is 20.3 Å². The molecule has 0 amide bonds. The Morgan fingerprint density at radius 1 is 1.27 bits per heavy atom. The van der Waals surface area contributed by atoms with Gasteiger partial charge < -0.3 is 4.74 Å². The average Bonchev–Trinajstić information content (AvgIpc) is 2.54. The lowest BCUT2D eigenvalue weighted by Crippen LogP contribution is -2.07. The molecule has 0 spiro atoms. The summed E-state index contributed by atoms with van der Waals surface area (Å²) in [5.41, 5.74) is 4.47. The number of carbonyl (C=O) groups excluding carboxylic acids is 1. The van der Waals surface area contributed by atoms with Crippen molar-refractivity contribution in [3.8, 4) is 0 Å². The highest BCUT2D eigenvalue weighted by Crippen LogP contribution is 2.29. The van der Waals surface area contributed by atoms with E-state index >= 15 is 0 Å². The number of halogens is 2. The van der Waals surface area contributed by atoms with E-state index in [1.807, 2.05) is 31.2 Å². The molecule has 0 unspecified atom stereocenters. The molecule has 1 heterocycles. The predicted octanol–water partition coefficient (Wildman–Crippen LogP) is 5.40. The van der Waals surface area contributed by atoms with Crippen molar-refractivity contribution in [2.75, 3.05) is 6.61 Å². The Kier molecular flexibility index (Phi) is 6.76. The van der Waals surface area contributed by atoms with Crippen LogP contribution in [0, 0.1) is 0 Å². The quantitative estimate of drug-likeness (QED) is 0.423. The molecule has 0 N–H and O–H groups in total. The Bertz CT molecular complexity index is 667. The monoisotopic (exact) mass is 472 g/mol. The molecule has 0 bridgehead atoms. The Morgan fingerprint density at radius 3 is 2.59 bits per heavy atom. The van der Waals surface area contributed by atoms with Crippen molar-refractivity contribution in [3.05, 3.63) is 61.7 Å². The number of rotatable bonds is 5. The van der Waals surface area contributed by atoms with Gasteiger partial charge >= 0.3 is 5.97 Å². The van der Waals surface area contributed by atoms with Crippen LogP contribution in [0.25, 0.3) is 5.57 Å². The van der Waals surface area contributed by atoms with Gasteiger partial charge in [0.1, 0.15) is 0 Å². The molecule has 22 heavy (non-hydrogen) atoms. The van der Waals surface area contributed by atoms with Crippen LogP contribution >= 0.6 is 36.7 Å². The fourth-order valence-corrected chi connectivity index (χ4v) is 4.14. The second-order valence-corrected chi connectivity index (χ2v) is 7.74. The van der Waals surface area contributed by atoms with E-state index in [2.05, 4.69) is 43.1 Å². The van der Waals surface area contributed by atoms with E-state index in [9.17, 15) is 4.79 Å². The molecule has 0 fully saturated rings. The summed E-state index contributed by atoms with van der Waals surface area (Å²) in [6, 6.07) is 8.08. The summed E-state index contributed by atoms with van der Waals surface area (Å²) in [6.45, 7) is 4.33. The third kappa shape index (κ3) is 4.74.